The highest BCUT2D eigenvalue weighted by Crippen LogP contribution is 2.37. The Kier molecular flexibility index (Phi) is 5.01. The summed E-state index contributed by atoms with van der Waals surface area (Å²) in [5.74, 6) is -0.994. The van der Waals surface area contributed by atoms with Crippen molar-refractivity contribution in [2.45, 2.75) is 19.3 Å². The van der Waals surface area contributed by atoms with Gasteiger partial charge in [0.25, 0.3) is 0 Å². The molecule has 0 spiro atoms. The van der Waals surface area contributed by atoms with Crippen molar-refractivity contribution in [1.82, 2.24) is 14.9 Å². The molecule has 1 aromatic carbocycles. The van der Waals surface area contributed by atoms with E-state index in [0.29, 0.717) is 35.4 Å². The summed E-state index contributed by atoms with van der Waals surface area (Å²) in [7, 11) is 3.38. The van der Waals surface area contributed by atoms with E-state index in [1.165, 1.54) is 17.3 Å². The van der Waals surface area contributed by atoms with Crippen molar-refractivity contribution >= 4 is 11.7 Å². The van der Waals surface area contributed by atoms with Crippen LogP contribution in [0.15, 0.2) is 48.8 Å². The highest BCUT2D eigenvalue weighted by Gasteiger charge is 2.35. The summed E-state index contributed by atoms with van der Waals surface area (Å²) < 4.78 is 14.5. The molecule has 0 fully saturated rings. The maximum absolute atomic E-state index is 14.5. The average molecular weight is 391 g/mol. The fraction of sp³-hybridized carbons (Fsp3) is 0.261. The molecule has 1 aliphatic carbocycles. The van der Waals surface area contributed by atoms with Crippen molar-refractivity contribution < 1.29 is 14.0 Å². The third-order valence-corrected chi connectivity index (χ3v) is 5.40. The molecule has 3 aromatic rings. The van der Waals surface area contributed by atoms with E-state index in [4.69, 9.17) is 0 Å². The molecule has 1 amide bonds. The molecule has 5 nitrogen and oxygen atoms in total. The van der Waals surface area contributed by atoms with Gasteiger partial charge in [0.05, 0.1) is 17.8 Å². The van der Waals surface area contributed by atoms with Gasteiger partial charge in [0, 0.05) is 56.4 Å². The number of nitrogens with one attached hydrogen (secondary N) is 1. The van der Waals surface area contributed by atoms with E-state index < -0.39 is 11.7 Å². The zero-order valence-corrected chi connectivity index (χ0v) is 16.4. The van der Waals surface area contributed by atoms with E-state index in [-0.39, 0.29) is 18.1 Å². The number of fused-ring (bicyclic) bond motifs is 1. The van der Waals surface area contributed by atoms with Crippen LogP contribution in [0.5, 0.6) is 0 Å². The van der Waals surface area contributed by atoms with Gasteiger partial charge in [-0.15, -0.1) is 0 Å². The monoisotopic (exact) mass is 391 g/mol. The lowest BCUT2D eigenvalue weighted by Gasteiger charge is -2.24. The van der Waals surface area contributed by atoms with Gasteiger partial charge in [0.15, 0.2) is 11.6 Å². The van der Waals surface area contributed by atoms with Crippen LogP contribution in [0.25, 0.3) is 11.3 Å². The number of H-pyrrole nitrogens is 1. The van der Waals surface area contributed by atoms with Crippen molar-refractivity contribution in [2.24, 2.45) is 5.92 Å². The number of pyridine rings is 1. The summed E-state index contributed by atoms with van der Waals surface area (Å²) in [5, 5.41) is 0. The summed E-state index contributed by atoms with van der Waals surface area (Å²) >= 11 is 0. The summed E-state index contributed by atoms with van der Waals surface area (Å²) in [6.45, 7) is 0. The van der Waals surface area contributed by atoms with Crippen molar-refractivity contribution in [3.8, 4) is 11.3 Å². The van der Waals surface area contributed by atoms with Crippen LogP contribution >= 0.6 is 0 Å². The van der Waals surface area contributed by atoms with Crippen molar-refractivity contribution in [3.63, 3.8) is 0 Å². The number of halogens is 1. The van der Waals surface area contributed by atoms with Gasteiger partial charge in [-0.1, -0.05) is 30.3 Å². The van der Waals surface area contributed by atoms with Crippen LogP contribution in [0.3, 0.4) is 0 Å². The van der Waals surface area contributed by atoms with Crippen LogP contribution in [0.1, 0.15) is 33.6 Å². The van der Waals surface area contributed by atoms with Crippen LogP contribution in [0, 0.1) is 11.7 Å². The third kappa shape index (κ3) is 3.58. The molecule has 0 aliphatic heterocycles. The fourth-order valence-electron chi connectivity index (χ4n) is 4.05. The number of aromatic nitrogens is 2. The Morgan fingerprint density at radius 2 is 1.97 bits per heavy atom. The molecule has 29 heavy (non-hydrogen) atoms. The molecule has 0 radical (unpaired) electrons. The molecule has 0 saturated carbocycles. The number of hydrogen-bond donors (Lipinski definition) is 1. The van der Waals surface area contributed by atoms with E-state index in [1.807, 2.05) is 30.3 Å². The Bertz CT molecular complexity index is 1070. The zero-order chi connectivity index (χ0) is 20.5. The molecule has 0 bridgehead atoms. The Labute approximate surface area is 168 Å². The predicted molar refractivity (Wildman–Crippen MR) is 108 cm³/mol. The molecule has 2 heterocycles. The Morgan fingerprint density at radius 1 is 1.21 bits per heavy atom. The van der Waals surface area contributed by atoms with E-state index in [0.717, 1.165) is 11.1 Å². The standard InChI is InChI=1S/C23H22FN3O2/c1-27(2)23(29)15-11-19-21(20(28)12-15)17(10-14-6-4-3-5-7-14)22(26-19)16-8-9-25-13-18(16)24/h3-9,13,15,26H,10-12H2,1-2H3/t15-/m1/s1. The van der Waals surface area contributed by atoms with Crippen LogP contribution in [-0.2, 0) is 17.6 Å². The Balaban J connectivity index is 1.84. The van der Waals surface area contributed by atoms with Gasteiger partial charge in [-0.25, -0.2) is 4.39 Å². The zero-order valence-electron chi connectivity index (χ0n) is 16.4. The van der Waals surface area contributed by atoms with Gasteiger partial charge >= 0.3 is 0 Å². The summed E-state index contributed by atoms with van der Waals surface area (Å²) in [6, 6.07) is 11.4. The number of nitrogens with zero attached hydrogens (tertiary/aromatic N) is 2. The van der Waals surface area contributed by atoms with Gasteiger partial charge in [0.2, 0.25) is 5.91 Å². The first-order valence-corrected chi connectivity index (χ1v) is 9.57. The topological polar surface area (TPSA) is 66.1 Å². The maximum Gasteiger partial charge on any atom is 0.226 e. The number of ketones is 1. The van der Waals surface area contributed by atoms with E-state index in [1.54, 1.807) is 20.2 Å². The van der Waals surface area contributed by atoms with Crippen molar-refractivity contribution in [2.75, 3.05) is 14.1 Å². The molecule has 4 rings (SSSR count). The largest absolute Gasteiger partial charge is 0.357 e. The number of carbonyl (C=O) groups excluding carboxylic acids is 2. The molecule has 6 heteroatoms. The van der Waals surface area contributed by atoms with E-state index >= 15 is 0 Å². The highest BCUT2D eigenvalue weighted by molar-refractivity contribution is 6.04. The lowest BCUT2D eigenvalue weighted by molar-refractivity contribution is -0.133. The summed E-state index contributed by atoms with van der Waals surface area (Å²) in [6.07, 6.45) is 3.81. The molecule has 1 aliphatic rings. The van der Waals surface area contributed by atoms with Crippen LogP contribution < -0.4 is 0 Å². The lowest BCUT2D eigenvalue weighted by atomic mass is 9.83. The smallest absolute Gasteiger partial charge is 0.226 e. The first-order chi connectivity index (χ1) is 14.0. The van der Waals surface area contributed by atoms with Crippen molar-refractivity contribution in [1.29, 1.82) is 0 Å². The molecule has 1 atom stereocenters. The summed E-state index contributed by atoms with van der Waals surface area (Å²) in [5.41, 5.74) is 4.08. The van der Waals surface area contributed by atoms with Gasteiger partial charge in [0.1, 0.15) is 0 Å². The molecule has 1 N–H and O–H groups in total. The van der Waals surface area contributed by atoms with Crippen LogP contribution in [0.2, 0.25) is 0 Å². The minimum Gasteiger partial charge on any atom is -0.357 e. The molecule has 148 valence electrons. The van der Waals surface area contributed by atoms with E-state index in [9.17, 15) is 14.0 Å². The number of aromatic amines is 1. The second-order valence-electron chi connectivity index (χ2n) is 7.61. The van der Waals surface area contributed by atoms with Gasteiger partial charge in [-0.2, -0.15) is 0 Å². The molecule has 0 unspecified atom stereocenters. The number of benzene rings is 1. The van der Waals surface area contributed by atoms with Crippen molar-refractivity contribution in [3.05, 3.63) is 77.0 Å². The average Bonchev–Trinajstić information content (AvgIpc) is 3.07. The molecule has 2 aromatic heterocycles. The summed E-state index contributed by atoms with van der Waals surface area (Å²) in [4.78, 5) is 34.1. The van der Waals surface area contributed by atoms with Crippen LogP contribution in [0.4, 0.5) is 4.39 Å². The fourth-order valence-corrected chi connectivity index (χ4v) is 4.05. The lowest BCUT2D eigenvalue weighted by Crippen LogP contribution is -2.35. The number of Topliss-reactive ketones (excluding diaryl/α,β-unsaturated/α-hetero) is 1. The number of carbonyl (C=O) groups is 2. The molecular weight excluding hydrogens is 369 g/mol. The predicted octanol–water partition coefficient (Wildman–Crippen LogP) is 3.64. The normalized spacial score (nSPS) is 15.8. The second kappa shape index (κ2) is 7.62. The number of hydrogen-bond acceptors (Lipinski definition) is 3. The first kappa shape index (κ1) is 19.1. The maximum atomic E-state index is 14.5. The third-order valence-electron chi connectivity index (χ3n) is 5.40. The van der Waals surface area contributed by atoms with E-state index in [2.05, 4.69) is 9.97 Å². The van der Waals surface area contributed by atoms with Gasteiger partial charge in [-0.3, -0.25) is 14.6 Å². The molecule has 0 saturated heterocycles. The first-order valence-electron chi connectivity index (χ1n) is 9.57. The Hall–Kier alpha value is -3.28. The highest BCUT2D eigenvalue weighted by atomic mass is 19.1. The van der Waals surface area contributed by atoms with Gasteiger partial charge in [-0.05, 0) is 17.2 Å². The minimum absolute atomic E-state index is 0.0696. The molecular formula is C23H22FN3O2. The second-order valence-corrected chi connectivity index (χ2v) is 7.61. The van der Waals surface area contributed by atoms with Gasteiger partial charge < -0.3 is 9.88 Å². The van der Waals surface area contributed by atoms with Crippen LogP contribution in [-0.4, -0.2) is 40.7 Å². The minimum atomic E-state index is -0.450. The Morgan fingerprint density at radius 3 is 2.66 bits per heavy atom. The SMILES string of the molecule is CN(C)C(=O)[C@H]1CC(=O)c2c([nH]c(-c3ccncc3F)c2Cc2ccccc2)C1. The quantitative estimate of drug-likeness (QED) is 0.738. The number of rotatable bonds is 4. The number of amides is 1.